The van der Waals surface area contributed by atoms with Crippen LogP contribution in [0.2, 0.25) is 0 Å². The molecule has 0 bridgehead atoms. The Kier molecular flexibility index (Phi) is 41.1. The molecule has 0 aliphatic heterocycles. The zero-order chi connectivity index (χ0) is 41.8. The van der Waals surface area contributed by atoms with Gasteiger partial charge < -0.3 is 20.1 Å². The van der Waals surface area contributed by atoms with Crippen LogP contribution in [0.25, 0.3) is 0 Å². The van der Waals surface area contributed by atoms with Gasteiger partial charge in [0.15, 0.2) is 6.10 Å². The van der Waals surface area contributed by atoms with Gasteiger partial charge in [-0.1, -0.05) is 157 Å². The Morgan fingerprint density at radius 2 is 0.965 bits per heavy atom. The molecule has 0 aliphatic carbocycles. The predicted octanol–water partition coefficient (Wildman–Crippen LogP) is 13.1. The van der Waals surface area contributed by atoms with Gasteiger partial charge in [0.25, 0.3) is 0 Å². The van der Waals surface area contributed by atoms with Crippen LogP contribution >= 0.6 is 7.82 Å². The highest BCUT2D eigenvalue weighted by Gasteiger charge is 2.26. The largest absolute Gasteiger partial charge is 0.472 e. The van der Waals surface area contributed by atoms with E-state index in [4.69, 9.17) is 24.3 Å². The number of unbranched alkanes of at least 4 members (excludes halogenated alkanes) is 16. The maximum absolute atomic E-state index is 12.6. The number of rotatable bonds is 41. The summed E-state index contributed by atoms with van der Waals surface area (Å²) in [5.74, 6) is -0.875. The molecule has 0 radical (unpaired) electrons. The fourth-order valence-electron chi connectivity index (χ4n) is 5.77. The Hall–Kier alpha value is -2.55. The second-order valence-corrected chi connectivity index (χ2v) is 16.0. The average molecular weight is 820 g/mol. The molecule has 0 spiro atoms. The average Bonchev–Trinajstić information content (AvgIpc) is 3.20. The third-order valence-electron chi connectivity index (χ3n) is 9.08. The lowest BCUT2D eigenvalue weighted by atomic mass is 10.1. The van der Waals surface area contributed by atoms with Gasteiger partial charge in [0.1, 0.15) is 6.61 Å². The molecule has 0 saturated heterocycles. The van der Waals surface area contributed by atoms with Crippen LogP contribution in [-0.4, -0.2) is 49.3 Å². The zero-order valence-corrected chi connectivity index (χ0v) is 36.9. The Morgan fingerprint density at radius 1 is 0.544 bits per heavy atom. The fraction of sp³-hybridized carbons (Fsp3) is 0.702. The number of hydrogen-bond acceptors (Lipinski definition) is 8. The standard InChI is InChI=1S/C47H82NO8P/c1-3-5-7-9-11-13-15-17-19-21-22-24-26-28-30-32-34-36-38-40-47(50)56-45(44-55-57(51,52)54-42-41-48)43-53-46(49)39-37-35-33-31-29-27-25-23-20-18-16-14-12-10-8-6-4-2/h5,7,11,13,17-20,22,24,28,30,45H,3-4,6,8-10,12,14-16,21,23,25-27,29,31-44,48H2,1-2H3,(H,51,52)/b7-5-,13-11-,19-17-,20-18-,24-22-,30-28-. The first-order valence-corrected chi connectivity index (χ1v) is 23.9. The number of ether oxygens (including phenoxy) is 2. The lowest BCUT2D eigenvalue weighted by Gasteiger charge is -2.19. The molecule has 0 amide bonds. The molecule has 57 heavy (non-hydrogen) atoms. The highest BCUT2D eigenvalue weighted by molar-refractivity contribution is 7.47. The second-order valence-electron chi connectivity index (χ2n) is 14.5. The normalized spacial score (nSPS) is 14.0. The first kappa shape index (κ1) is 54.5. The molecule has 0 rings (SSSR count). The number of phosphoric acid groups is 1. The van der Waals surface area contributed by atoms with Gasteiger partial charge in [-0.2, -0.15) is 0 Å². The van der Waals surface area contributed by atoms with Gasteiger partial charge >= 0.3 is 19.8 Å². The summed E-state index contributed by atoms with van der Waals surface area (Å²) in [6, 6.07) is 0. The van der Waals surface area contributed by atoms with Crippen LogP contribution in [0.3, 0.4) is 0 Å². The monoisotopic (exact) mass is 820 g/mol. The minimum atomic E-state index is -4.39. The zero-order valence-electron chi connectivity index (χ0n) is 36.0. The Balaban J connectivity index is 4.22. The van der Waals surface area contributed by atoms with Crippen LogP contribution in [0.5, 0.6) is 0 Å². The van der Waals surface area contributed by atoms with Crippen molar-refractivity contribution >= 4 is 19.8 Å². The van der Waals surface area contributed by atoms with E-state index in [0.29, 0.717) is 6.42 Å². The van der Waals surface area contributed by atoms with E-state index >= 15 is 0 Å². The van der Waals surface area contributed by atoms with Crippen molar-refractivity contribution in [1.82, 2.24) is 0 Å². The smallest absolute Gasteiger partial charge is 0.462 e. The summed E-state index contributed by atoms with van der Waals surface area (Å²) in [5, 5.41) is 0. The number of carbonyl (C=O) groups excluding carboxylic acids is 2. The lowest BCUT2D eigenvalue weighted by molar-refractivity contribution is -0.161. The van der Waals surface area contributed by atoms with Gasteiger partial charge in [-0.15, -0.1) is 0 Å². The van der Waals surface area contributed by atoms with Gasteiger partial charge in [0, 0.05) is 19.4 Å². The molecule has 0 aromatic carbocycles. The molecule has 0 aliphatic rings. The number of nitrogens with two attached hydrogens (primary N) is 1. The summed E-state index contributed by atoms with van der Waals surface area (Å²) in [7, 11) is -4.39. The van der Waals surface area contributed by atoms with Gasteiger partial charge in [0.2, 0.25) is 0 Å². The van der Waals surface area contributed by atoms with E-state index in [1.807, 2.05) is 0 Å². The van der Waals surface area contributed by atoms with E-state index in [-0.39, 0.29) is 32.6 Å². The number of hydrogen-bond donors (Lipinski definition) is 2. The summed E-state index contributed by atoms with van der Waals surface area (Å²) in [4.78, 5) is 34.9. The third-order valence-corrected chi connectivity index (χ3v) is 10.1. The Labute approximate surface area is 348 Å². The summed E-state index contributed by atoms with van der Waals surface area (Å²) >= 11 is 0. The Bertz CT molecular complexity index is 1160. The highest BCUT2D eigenvalue weighted by atomic mass is 31.2. The van der Waals surface area contributed by atoms with E-state index in [0.717, 1.165) is 83.5 Å². The first-order valence-electron chi connectivity index (χ1n) is 22.4. The van der Waals surface area contributed by atoms with Gasteiger partial charge in [-0.05, 0) is 83.5 Å². The molecule has 10 heteroatoms. The van der Waals surface area contributed by atoms with Crippen LogP contribution in [0.15, 0.2) is 72.9 Å². The van der Waals surface area contributed by atoms with Crippen molar-refractivity contribution in [2.45, 2.75) is 187 Å². The molecule has 9 nitrogen and oxygen atoms in total. The SMILES string of the molecule is CC/C=C\C/C=C\C/C=C\C/C=C\C/C=C\CCCCCC(=O)OC(COC(=O)CCCCCCCCC/C=C\CCCCCCCC)COP(=O)(O)OCCN. The van der Waals surface area contributed by atoms with Gasteiger partial charge in [-0.3, -0.25) is 18.6 Å². The number of carbonyl (C=O) groups is 2. The number of phosphoric ester groups is 1. The molecular weight excluding hydrogens is 737 g/mol. The van der Waals surface area contributed by atoms with E-state index in [2.05, 4.69) is 86.8 Å². The van der Waals surface area contributed by atoms with E-state index < -0.39 is 32.5 Å². The highest BCUT2D eigenvalue weighted by Crippen LogP contribution is 2.43. The van der Waals surface area contributed by atoms with Crippen molar-refractivity contribution in [2.75, 3.05) is 26.4 Å². The topological polar surface area (TPSA) is 134 Å². The quantitative estimate of drug-likeness (QED) is 0.0267. The molecule has 0 saturated carbocycles. The van der Waals surface area contributed by atoms with E-state index in [9.17, 15) is 19.0 Å². The number of esters is 2. The van der Waals surface area contributed by atoms with E-state index in [1.54, 1.807) is 0 Å². The van der Waals surface area contributed by atoms with Crippen molar-refractivity contribution in [1.29, 1.82) is 0 Å². The Morgan fingerprint density at radius 3 is 1.47 bits per heavy atom. The van der Waals surface area contributed by atoms with Crippen molar-refractivity contribution in [3.05, 3.63) is 72.9 Å². The molecule has 0 fully saturated rings. The van der Waals surface area contributed by atoms with Crippen molar-refractivity contribution in [3.8, 4) is 0 Å². The summed E-state index contributed by atoms with van der Waals surface area (Å²) in [6.07, 6.45) is 52.1. The summed E-state index contributed by atoms with van der Waals surface area (Å²) in [6.45, 7) is 3.56. The summed E-state index contributed by atoms with van der Waals surface area (Å²) in [5.41, 5.74) is 5.35. The molecule has 0 heterocycles. The summed E-state index contributed by atoms with van der Waals surface area (Å²) < 4.78 is 32.8. The van der Waals surface area contributed by atoms with Crippen LogP contribution in [0.1, 0.15) is 181 Å². The van der Waals surface area contributed by atoms with Crippen LogP contribution in [0.4, 0.5) is 0 Å². The predicted molar refractivity (Wildman–Crippen MR) is 238 cm³/mol. The van der Waals surface area contributed by atoms with Gasteiger partial charge in [0.05, 0.1) is 13.2 Å². The number of allylic oxidation sites excluding steroid dienone is 12. The minimum absolute atomic E-state index is 0.0437. The maximum Gasteiger partial charge on any atom is 0.472 e. The molecule has 2 atom stereocenters. The van der Waals surface area contributed by atoms with Crippen LogP contribution in [0, 0.1) is 0 Å². The molecule has 0 aromatic heterocycles. The molecule has 2 unspecified atom stereocenters. The van der Waals surface area contributed by atoms with Gasteiger partial charge in [-0.25, -0.2) is 4.57 Å². The fourth-order valence-corrected chi connectivity index (χ4v) is 6.54. The molecular formula is C47H82NO8P. The first-order chi connectivity index (χ1) is 27.8. The van der Waals surface area contributed by atoms with E-state index in [1.165, 1.54) is 64.2 Å². The maximum atomic E-state index is 12.6. The molecule has 328 valence electrons. The van der Waals surface area contributed by atoms with Crippen LogP contribution < -0.4 is 5.73 Å². The second kappa shape index (κ2) is 43.0. The lowest BCUT2D eigenvalue weighted by Crippen LogP contribution is -2.29. The van der Waals surface area contributed by atoms with Crippen molar-refractivity contribution in [2.24, 2.45) is 5.73 Å². The minimum Gasteiger partial charge on any atom is -0.462 e. The third kappa shape index (κ3) is 42.9. The molecule has 0 aromatic rings. The van der Waals surface area contributed by atoms with Crippen molar-refractivity contribution in [3.63, 3.8) is 0 Å². The van der Waals surface area contributed by atoms with Crippen LogP contribution in [-0.2, 0) is 32.7 Å². The van der Waals surface area contributed by atoms with Crippen molar-refractivity contribution < 1.29 is 37.6 Å². The molecule has 3 N–H and O–H groups in total.